The van der Waals surface area contributed by atoms with Crippen molar-refractivity contribution in [3.63, 3.8) is 0 Å². The third kappa shape index (κ3) is 3.04. The molecule has 2 heterocycles. The highest BCUT2D eigenvalue weighted by Gasteiger charge is 2.35. The predicted octanol–water partition coefficient (Wildman–Crippen LogP) is 2.45. The van der Waals surface area contributed by atoms with Crippen LogP contribution in [0.3, 0.4) is 0 Å². The van der Waals surface area contributed by atoms with Crippen molar-refractivity contribution in [3.05, 3.63) is 47.0 Å². The Labute approximate surface area is 126 Å². The van der Waals surface area contributed by atoms with Crippen LogP contribution in [0.25, 0.3) is 0 Å². The van der Waals surface area contributed by atoms with E-state index in [2.05, 4.69) is 15.5 Å². The number of hydrogen-bond donors (Lipinski definition) is 2. The molecule has 0 saturated carbocycles. The molecule has 1 saturated heterocycles. The quantitative estimate of drug-likeness (QED) is 0.821. The summed E-state index contributed by atoms with van der Waals surface area (Å²) >= 11 is 0. The molecular weight excluding hydrogens is 298 g/mol. The van der Waals surface area contributed by atoms with E-state index in [4.69, 9.17) is 0 Å². The van der Waals surface area contributed by atoms with Gasteiger partial charge in [0.25, 0.3) is 0 Å². The van der Waals surface area contributed by atoms with Gasteiger partial charge in [-0.2, -0.15) is 13.2 Å². The van der Waals surface area contributed by atoms with Crippen LogP contribution in [-0.2, 0) is 12.6 Å². The van der Waals surface area contributed by atoms with Crippen LogP contribution in [0.5, 0.6) is 0 Å². The van der Waals surface area contributed by atoms with Crippen LogP contribution in [0.15, 0.2) is 30.1 Å². The van der Waals surface area contributed by atoms with Gasteiger partial charge in [-0.1, -0.05) is 6.07 Å². The van der Waals surface area contributed by atoms with Gasteiger partial charge in [0, 0.05) is 31.4 Å². The molecule has 1 aromatic rings. The predicted molar refractivity (Wildman–Crippen MR) is 74.3 cm³/mol. The molecule has 0 bridgehead atoms. The first kappa shape index (κ1) is 15.1. The SMILES string of the molecule is Fc1ccc(CC2=CNC3CCNCCN23)c(C(F)(F)F)c1. The Bertz CT molecular complexity index is 583. The van der Waals surface area contributed by atoms with Gasteiger partial charge in [-0.05, 0) is 30.7 Å². The molecule has 1 aromatic carbocycles. The van der Waals surface area contributed by atoms with Crippen molar-refractivity contribution in [3.8, 4) is 0 Å². The van der Waals surface area contributed by atoms with Crippen LogP contribution >= 0.6 is 0 Å². The zero-order valence-corrected chi connectivity index (χ0v) is 11.9. The smallest absolute Gasteiger partial charge is 0.370 e. The van der Waals surface area contributed by atoms with E-state index in [0.717, 1.165) is 37.8 Å². The summed E-state index contributed by atoms with van der Waals surface area (Å²) in [4.78, 5) is 2.09. The average molecular weight is 315 g/mol. The summed E-state index contributed by atoms with van der Waals surface area (Å²) in [5, 5.41) is 6.47. The molecule has 1 atom stereocenters. The van der Waals surface area contributed by atoms with Crippen LogP contribution < -0.4 is 10.6 Å². The fourth-order valence-corrected chi connectivity index (χ4v) is 2.98. The molecule has 7 heteroatoms. The van der Waals surface area contributed by atoms with E-state index >= 15 is 0 Å². The van der Waals surface area contributed by atoms with E-state index in [-0.39, 0.29) is 18.2 Å². The molecule has 1 fully saturated rings. The van der Waals surface area contributed by atoms with Crippen molar-refractivity contribution in [1.29, 1.82) is 0 Å². The highest BCUT2D eigenvalue weighted by atomic mass is 19.4. The molecule has 0 aromatic heterocycles. The number of nitrogens with zero attached hydrogens (tertiary/aromatic N) is 1. The maximum atomic E-state index is 13.2. The van der Waals surface area contributed by atoms with Crippen molar-refractivity contribution in [2.75, 3.05) is 19.6 Å². The molecule has 1 unspecified atom stereocenters. The van der Waals surface area contributed by atoms with E-state index in [1.807, 2.05) is 0 Å². The molecule has 120 valence electrons. The first-order valence-corrected chi connectivity index (χ1v) is 7.23. The number of alkyl halides is 3. The molecule has 2 N–H and O–H groups in total. The van der Waals surface area contributed by atoms with Gasteiger partial charge in [0.2, 0.25) is 0 Å². The largest absolute Gasteiger partial charge is 0.416 e. The Morgan fingerprint density at radius 2 is 2.05 bits per heavy atom. The van der Waals surface area contributed by atoms with Gasteiger partial charge in [0.1, 0.15) is 5.82 Å². The molecule has 0 amide bonds. The minimum Gasteiger partial charge on any atom is -0.370 e. The summed E-state index contributed by atoms with van der Waals surface area (Å²) in [5.74, 6) is -0.869. The zero-order chi connectivity index (χ0) is 15.7. The normalized spacial score (nSPS) is 21.9. The van der Waals surface area contributed by atoms with Gasteiger partial charge in [-0.25, -0.2) is 4.39 Å². The number of rotatable bonds is 2. The molecule has 3 rings (SSSR count). The lowest BCUT2D eigenvalue weighted by Gasteiger charge is -2.27. The zero-order valence-electron chi connectivity index (χ0n) is 11.9. The molecular formula is C15H17F4N3. The standard InChI is InChI=1S/C15H17F4N3/c16-11-2-1-10(13(8-11)15(17,18)19)7-12-9-21-14-3-4-20-5-6-22(12)14/h1-2,8-9,14,20-21H,3-7H2. The maximum absolute atomic E-state index is 13.2. The summed E-state index contributed by atoms with van der Waals surface area (Å²) in [5.41, 5.74) is 0.00964. The fraction of sp³-hybridized carbons (Fsp3) is 0.467. The molecule has 2 aliphatic heterocycles. The topological polar surface area (TPSA) is 27.3 Å². The highest BCUT2D eigenvalue weighted by Crippen LogP contribution is 2.34. The molecule has 0 aliphatic carbocycles. The highest BCUT2D eigenvalue weighted by molar-refractivity contribution is 5.34. The Balaban J connectivity index is 1.84. The van der Waals surface area contributed by atoms with E-state index in [0.29, 0.717) is 6.07 Å². The molecule has 0 radical (unpaired) electrons. The minimum absolute atomic E-state index is 0.0970. The third-order valence-corrected chi connectivity index (χ3v) is 4.06. The summed E-state index contributed by atoms with van der Waals surface area (Å²) < 4.78 is 52.4. The maximum Gasteiger partial charge on any atom is 0.416 e. The van der Waals surface area contributed by atoms with Crippen molar-refractivity contribution in [1.82, 2.24) is 15.5 Å². The number of allylic oxidation sites excluding steroid dienone is 1. The van der Waals surface area contributed by atoms with Gasteiger partial charge in [0.05, 0.1) is 11.7 Å². The van der Waals surface area contributed by atoms with Crippen molar-refractivity contribution < 1.29 is 17.6 Å². The Hall–Kier alpha value is -1.76. The summed E-state index contributed by atoms with van der Waals surface area (Å²) in [6, 6.07) is 2.87. The number of fused-ring (bicyclic) bond motifs is 1. The summed E-state index contributed by atoms with van der Waals surface area (Å²) in [7, 11) is 0. The van der Waals surface area contributed by atoms with E-state index < -0.39 is 17.6 Å². The van der Waals surface area contributed by atoms with Crippen LogP contribution in [-0.4, -0.2) is 30.7 Å². The van der Waals surface area contributed by atoms with Crippen molar-refractivity contribution in [2.45, 2.75) is 25.2 Å². The Morgan fingerprint density at radius 3 is 2.82 bits per heavy atom. The minimum atomic E-state index is -4.55. The second kappa shape index (κ2) is 5.79. The molecule has 2 aliphatic rings. The third-order valence-electron chi connectivity index (χ3n) is 4.06. The second-order valence-electron chi connectivity index (χ2n) is 5.53. The number of nitrogens with one attached hydrogen (secondary N) is 2. The van der Waals surface area contributed by atoms with E-state index in [1.54, 1.807) is 6.20 Å². The molecule has 3 nitrogen and oxygen atoms in total. The van der Waals surface area contributed by atoms with Crippen LogP contribution in [0.4, 0.5) is 17.6 Å². The monoisotopic (exact) mass is 315 g/mol. The first-order chi connectivity index (χ1) is 10.4. The fourth-order valence-electron chi connectivity index (χ4n) is 2.98. The Kier molecular flexibility index (Phi) is 3.99. The molecule has 0 spiro atoms. The van der Waals surface area contributed by atoms with Crippen molar-refractivity contribution >= 4 is 0 Å². The van der Waals surface area contributed by atoms with Gasteiger partial charge < -0.3 is 15.5 Å². The van der Waals surface area contributed by atoms with Crippen molar-refractivity contribution in [2.24, 2.45) is 0 Å². The number of benzene rings is 1. The van der Waals surface area contributed by atoms with Gasteiger partial charge >= 0.3 is 6.18 Å². The van der Waals surface area contributed by atoms with Crippen LogP contribution in [0.2, 0.25) is 0 Å². The van der Waals surface area contributed by atoms with Crippen LogP contribution in [0.1, 0.15) is 17.5 Å². The lowest BCUT2D eigenvalue weighted by atomic mass is 10.0. The lowest BCUT2D eigenvalue weighted by Crippen LogP contribution is -2.37. The van der Waals surface area contributed by atoms with Gasteiger partial charge in [0.15, 0.2) is 0 Å². The van der Waals surface area contributed by atoms with E-state index in [1.165, 1.54) is 6.07 Å². The van der Waals surface area contributed by atoms with E-state index in [9.17, 15) is 17.6 Å². The summed E-state index contributed by atoms with van der Waals surface area (Å²) in [6.45, 7) is 2.41. The first-order valence-electron chi connectivity index (χ1n) is 7.23. The number of hydrogen-bond acceptors (Lipinski definition) is 3. The second-order valence-corrected chi connectivity index (χ2v) is 5.53. The Morgan fingerprint density at radius 1 is 1.23 bits per heavy atom. The molecule has 22 heavy (non-hydrogen) atoms. The average Bonchev–Trinajstić information content (AvgIpc) is 2.68. The number of halogens is 4. The van der Waals surface area contributed by atoms with Gasteiger partial charge in [-0.3, -0.25) is 0 Å². The van der Waals surface area contributed by atoms with Crippen LogP contribution in [0, 0.1) is 5.82 Å². The lowest BCUT2D eigenvalue weighted by molar-refractivity contribution is -0.138. The summed E-state index contributed by atoms with van der Waals surface area (Å²) in [6.07, 6.45) is -1.63. The van der Waals surface area contributed by atoms with Gasteiger partial charge in [-0.15, -0.1) is 0 Å².